The molecule has 2 rings (SSSR count). The van der Waals surface area contributed by atoms with E-state index in [0.29, 0.717) is 22.0 Å². The molecule has 1 saturated carbocycles. The van der Waals surface area contributed by atoms with Crippen LogP contribution in [0.5, 0.6) is 0 Å². The molecule has 0 spiro atoms. The topological polar surface area (TPSA) is 43.4 Å². The Morgan fingerprint density at radius 1 is 1.28 bits per heavy atom. The second kappa shape index (κ2) is 5.29. The van der Waals surface area contributed by atoms with E-state index in [1.807, 2.05) is 0 Å². The molecule has 95 valence electrons. The number of benzene rings is 1. The molecule has 0 N–H and O–H groups in total. The van der Waals surface area contributed by atoms with Crippen molar-refractivity contribution >= 4 is 35.0 Å². The van der Waals surface area contributed by atoms with Gasteiger partial charge in [-0.25, -0.2) is 0 Å². The van der Waals surface area contributed by atoms with Gasteiger partial charge in [-0.2, -0.15) is 0 Å². The minimum atomic E-state index is -0.351. The molecule has 3 nitrogen and oxygen atoms in total. The van der Waals surface area contributed by atoms with Crippen LogP contribution in [0.3, 0.4) is 0 Å². The molecular weight excluding hydrogens is 275 g/mol. The molecule has 0 heterocycles. The largest absolute Gasteiger partial charge is 0.458 e. The smallest absolute Gasteiger partial charge is 0.310 e. The second-order valence-corrected chi connectivity index (χ2v) is 4.93. The first kappa shape index (κ1) is 13.4. The zero-order valence-corrected chi connectivity index (χ0v) is 11.2. The van der Waals surface area contributed by atoms with Gasteiger partial charge in [0.05, 0.1) is 16.0 Å². The van der Waals surface area contributed by atoms with Gasteiger partial charge in [0.25, 0.3) is 0 Å². The number of ether oxygens (including phenoxy) is 1. The highest BCUT2D eigenvalue weighted by Crippen LogP contribution is 2.42. The van der Waals surface area contributed by atoms with Crippen LogP contribution in [0, 0.1) is 18.4 Å². The van der Waals surface area contributed by atoms with E-state index in [2.05, 4.69) is 0 Å². The van der Waals surface area contributed by atoms with Gasteiger partial charge in [0, 0.05) is 11.5 Å². The van der Waals surface area contributed by atoms with Gasteiger partial charge in [0.15, 0.2) is 5.78 Å². The first-order valence-corrected chi connectivity index (χ1v) is 6.27. The summed E-state index contributed by atoms with van der Waals surface area (Å²) in [6, 6.07) is 4.72. The molecule has 1 aromatic carbocycles. The van der Waals surface area contributed by atoms with Crippen molar-refractivity contribution in [2.24, 2.45) is 11.8 Å². The summed E-state index contributed by atoms with van der Waals surface area (Å²) in [5.41, 5.74) is 0.477. The average Bonchev–Trinajstić information content (AvgIpc) is 3.12. The van der Waals surface area contributed by atoms with Crippen LogP contribution in [0.15, 0.2) is 18.2 Å². The highest BCUT2D eigenvalue weighted by molar-refractivity contribution is 6.42. The summed E-state index contributed by atoms with van der Waals surface area (Å²) in [6.45, 7) is 2.94. The van der Waals surface area contributed by atoms with Gasteiger partial charge in [0.2, 0.25) is 0 Å². The molecule has 1 aliphatic carbocycles. The lowest BCUT2D eigenvalue weighted by Crippen LogP contribution is -2.10. The number of carbonyl (C=O) groups excluding carboxylic acids is 2. The van der Waals surface area contributed by atoms with E-state index in [4.69, 9.17) is 27.9 Å². The number of Topliss-reactive ketones (excluding diaryl/α,β-unsaturated/α-hetero) is 1. The van der Waals surface area contributed by atoms with E-state index in [0.717, 1.165) is 0 Å². The number of esters is 1. The van der Waals surface area contributed by atoms with Crippen LogP contribution in [0.1, 0.15) is 23.7 Å². The Morgan fingerprint density at radius 2 is 2.00 bits per heavy atom. The summed E-state index contributed by atoms with van der Waals surface area (Å²) < 4.78 is 4.76. The average molecular weight is 286 g/mol. The Hall–Kier alpha value is -1.06. The van der Waals surface area contributed by atoms with Crippen LogP contribution >= 0.6 is 23.2 Å². The van der Waals surface area contributed by atoms with Crippen LogP contribution in [-0.2, 0) is 9.53 Å². The number of halogens is 2. The molecule has 0 unspecified atom stereocenters. The molecule has 1 aromatic rings. The van der Waals surface area contributed by atoms with E-state index in [1.165, 1.54) is 12.7 Å². The third-order valence-electron chi connectivity index (χ3n) is 2.87. The van der Waals surface area contributed by atoms with Crippen LogP contribution in [0.2, 0.25) is 10.0 Å². The third kappa shape index (κ3) is 2.68. The molecule has 5 heteroatoms. The number of carbonyl (C=O) groups is 2. The Labute approximate surface area is 115 Å². The normalized spacial score (nSPS) is 21.5. The lowest BCUT2D eigenvalue weighted by molar-refractivity contribution is -0.141. The van der Waals surface area contributed by atoms with Gasteiger partial charge in [-0.1, -0.05) is 23.2 Å². The summed E-state index contributed by atoms with van der Waals surface area (Å²) in [5, 5.41) is 0.741. The Bertz CT molecular complexity index is 499. The monoisotopic (exact) mass is 285 g/mol. The quantitative estimate of drug-likeness (QED) is 0.628. The first-order valence-electron chi connectivity index (χ1n) is 5.52. The lowest BCUT2D eigenvalue weighted by Gasteiger charge is -2.02. The molecule has 0 saturated heterocycles. The van der Waals surface area contributed by atoms with E-state index < -0.39 is 0 Å². The maximum Gasteiger partial charge on any atom is 0.310 e. The van der Waals surface area contributed by atoms with Crippen molar-refractivity contribution in [3.05, 3.63) is 40.4 Å². The molecule has 0 aliphatic heterocycles. The second-order valence-electron chi connectivity index (χ2n) is 4.11. The zero-order chi connectivity index (χ0) is 13.3. The molecule has 0 amide bonds. The molecule has 18 heavy (non-hydrogen) atoms. The molecule has 0 bridgehead atoms. The highest BCUT2D eigenvalue weighted by atomic mass is 35.5. The van der Waals surface area contributed by atoms with Gasteiger partial charge >= 0.3 is 5.97 Å². The van der Waals surface area contributed by atoms with Gasteiger partial charge in [0.1, 0.15) is 6.61 Å². The number of hydrogen-bond acceptors (Lipinski definition) is 3. The fraction of sp³-hybridized carbons (Fsp3) is 0.308. The highest BCUT2D eigenvalue weighted by Gasteiger charge is 2.49. The SMILES string of the molecule is C[CH]OC(=O)[C@H]1C[C@@H]1C(=O)c1ccc(Cl)c(Cl)c1. The Balaban J connectivity index is 2.05. The van der Waals surface area contributed by atoms with Crippen molar-refractivity contribution in [1.82, 2.24) is 0 Å². The predicted molar refractivity (Wildman–Crippen MR) is 68.5 cm³/mol. The minimum Gasteiger partial charge on any atom is -0.458 e. The maximum atomic E-state index is 12.1. The molecule has 2 atom stereocenters. The van der Waals surface area contributed by atoms with Gasteiger partial charge < -0.3 is 4.74 Å². The zero-order valence-electron chi connectivity index (χ0n) is 9.65. The number of rotatable bonds is 4. The Morgan fingerprint density at radius 3 is 2.61 bits per heavy atom. The Kier molecular flexibility index (Phi) is 3.93. The minimum absolute atomic E-state index is 0.0911. The van der Waals surface area contributed by atoms with Crippen LogP contribution in [0.25, 0.3) is 0 Å². The van der Waals surface area contributed by atoms with Crippen LogP contribution in [0.4, 0.5) is 0 Å². The van der Waals surface area contributed by atoms with Crippen molar-refractivity contribution in [3.8, 4) is 0 Å². The summed E-state index contributed by atoms with van der Waals surface area (Å²) in [4.78, 5) is 23.5. The molecular formula is C13H11Cl2O3. The van der Waals surface area contributed by atoms with E-state index in [-0.39, 0.29) is 23.6 Å². The molecule has 0 aromatic heterocycles. The maximum absolute atomic E-state index is 12.1. The van der Waals surface area contributed by atoms with E-state index in [9.17, 15) is 9.59 Å². The van der Waals surface area contributed by atoms with Crippen molar-refractivity contribution in [2.45, 2.75) is 13.3 Å². The summed E-state index contributed by atoms with van der Waals surface area (Å²) >= 11 is 11.6. The van der Waals surface area contributed by atoms with Gasteiger partial charge in [-0.15, -0.1) is 0 Å². The lowest BCUT2D eigenvalue weighted by atomic mass is 10.1. The van der Waals surface area contributed by atoms with Crippen molar-refractivity contribution < 1.29 is 14.3 Å². The summed E-state index contributed by atoms with van der Waals surface area (Å²) in [5.74, 6) is -1.07. The van der Waals surface area contributed by atoms with E-state index in [1.54, 1.807) is 19.1 Å². The van der Waals surface area contributed by atoms with Crippen molar-refractivity contribution in [1.29, 1.82) is 0 Å². The number of hydrogen-bond donors (Lipinski definition) is 0. The standard InChI is InChI=1S/C13H11Cl2O3/c1-2-18-13(17)9-6-8(9)12(16)7-3-4-10(14)11(15)5-7/h2-5,8-9H,6H2,1H3/t8-,9-/m0/s1. The molecule has 1 fully saturated rings. The summed E-state index contributed by atoms with van der Waals surface area (Å²) in [7, 11) is 0. The number of ketones is 1. The fourth-order valence-electron chi connectivity index (χ4n) is 1.81. The van der Waals surface area contributed by atoms with Gasteiger partial charge in [-0.05, 0) is 31.5 Å². The van der Waals surface area contributed by atoms with Crippen LogP contribution < -0.4 is 0 Å². The van der Waals surface area contributed by atoms with Gasteiger partial charge in [-0.3, -0.25) is 9.59 Å². The first-order chi connectivity index (χ1) is 8.54. The summed E-state index contributed by atoms with van der Waals surface area (Å²) in [6.07, 6.45) is 0.533. The van der Waals surface area contributed by atoms with Crippen molar-refractivity contribution in [2.75, 3.05) is 0 Å². The molecule has 1 aliphatic rings. The van der Waals surface area contributed by atoms with E-state index >= 15 is 0 Å². The van der Waals surface area contributed by atoms with Crippen LogP contribution in [-0.4, -0.2) is 11.8 Å². The third-order valence-corrected chi connectivity index (χ3v) is 3.61. The fourth-order valence-corrected chi connectivity index (χ4v) is 2.11. The molecule has 1 radical (unpaired) electrons. The van der Waals surface area contributed by atoms with Crippen molar-refractivity contribution in [3.63, 3.8) is 0 Å². The predicted octanol–water partition coefficient (Wildman–Crippen LogP) is 3.54.